The highest BCUT2D eigenvalue weighted by molar-refractivity contribution is 7.99. The number of anilines is 1. The number of rotatable bonds is 6. The van der Waals surface area contributed by atoms with Crippen LogP contribution in [0.5, 0.6) is 0 Å². The van der Waals surface area contributed by atoms with Crippen LogP contribution in [0.25, 0.3) is 10.2 Å². The van der Waals surface area contributed by atoms with Crippen molar-refractivity contribution in [1.82, 2.24) is 9.55 Å². The van der Waals surface area contributed by atoms with Gasteiger partial charge in [0.05, 0.1) is 16.8 Å². The molecule has 1 aliphatic carbocycles. The third-order valence-electron chi connectivity index (χ3n) is 4.58. The zero-order valence-corrected chi connectivity index (χ0v) is 16.7. The summed E-state index contributed by atoms with van der Waals surface area (Å²) in [4.78, 5) is 31.9. The monoisotopic (exact) mass is 415 g/mol. The molecule has 5 nitrogen and oxygen atoms in total. The van der Waals surface area contributed by atoms with Crippen molar-refractivity contribution in [3.05, 3.63) is 63.5 Å². The van der Waals surface area contributed by atoms with Gasteiger partial charge in [0.1, 0.15) is 10.6 Å². The van der Waals surface area contributed by atoms with E-state index < -0.39 is 5.82 Å². The van der Waals surface area contributed by atoms with Gasteiger partial charge in [0.25, 0.3) is 5.56 Å². The van der Waals surface area contributed by atoms with Gasteiger partial charge in [0.15, 0.2) is 5.16 Å². The van der Waals surface area contributed by atoms with Gasteiger partial charge in [0, 0.05) is 11.4 Å². The smallest absolute Gasteiger partial charge is 0.263 e. The van der Waals surface area contributed by atoms with Crippen molar-refractivity contribution in [2.24, 2.45) is 0 Å². The van der Waals surface area contributed by atoms with E-state index in [9.17, 15) is 14.0 Å². The number of thioether (sulfide) groups is 1. The molecule has 0 spiro atoms. The van der Waals surface area contributed by atoms with Crippen molar-refractivity contribution in [2.45, 2.75) is 31.0 Å². The summed E-state index contributed by atoms with van der Waals surface area (Å²) < 4.78 is 15.3. The van der Waals surface area contributed by atoms with E-state index in [0.29, 0.717) is 17.1 Å². The summed E-state index contributed by atoms with van der Waals surface area (Å²) >= 11 is 2.73. The van der Waals surface area contributed by atoms with Gasteiger partial charge in [-0.3, -0.25) is 14.2 Å². The molecule has 0 radical (unpaired) electrons. The number of nitrogens with zero attached hydrogens (tertiary/aromatic N) is 2. The van der Waals surface area contributed by atoms with E-state index in [1.54, 1.807) is 34.1 Å². The lowest BCUT2D eigenvalue weighted by Crippen LogP contribution is -2.24. The van der Waals surface area contributed by atoms with Crippen LogP contribution in [0.3, 0.4) is 0 Å². The second-order valence-corrected chi connectivity index (χ2v) is 8.48. The number of thiophene rings is 1. The van der Waals surface area contributed by atoms with Crippen molar-refractivity contribution in [3.63, 3.8) is 0 Å². The summed E-state index contributed by atoms with van der Waals surface area (Å²) in [5.41, 5.74) is 1.18. The first-order chi connectivity index (χ1) is 13.6. The van der Waals surface area contributed by atoms with Crippen LogP contribution in [-0.2, 0) is 24.2 Å². The maximum absolute atomic E-state index is 13.7. The molecule has 144 valence electrons. The number of fused-ring (bicyclic) bond motifs is 3. The van der Waals surface area contributed by atoms with E-state index in [4.69, 9.17) is 0 Å². The van der Waals surface area contributed by atoms with E-state index in [2.05, 4.69) is 16.9 Å². The molecule has 0 aliphatic heterocycles. The van der Waals surface area contributed by atoms with Gasteiger partial charge in [-0.1, -0.05) is 30.0 Å². The van der Waals surface area contributed by atoms with E-state index in [1.165, 1.54) is 28.8 Å². The van der Waals surface area contributed by atoms with Crippen LogP contribution in [0.1, 0.15) is 16.9 Å². The summed E-state index contributed by atoms with van der Waals surface area (Å²) in [7, 11) is 0. The molecule has 0 saturated carbocycles. The molecule has 0 atom stereocenters. The number of halogens is 1. The van der Waals surface area contributed by atoms with E-state index in [1.807, 2.05) is 0 Å². The van der Waals surface area contributed by atoms with Crippen molar-refractivity contribution >= 4 is 44.9 Å². The summed E-state index contributed by atoms with van der Waals surface area (Å²) in [6, 6.07) is 6.00. The van der Waals surface area contributed by atoms with Crippen LogP contribution < -0.4 is 10.9 Å². The topological polar surface area (TPSA) is 64.0 Å². The molecule has 8 heteroatoms. The highest BCUT2D eigenvalue weighted by Crippen LogP contribution is 2.35. The summed E-state index contributed by atoms with van der Waals surface area (Å²) in [6.07, 6.45) is 4.62. The minimum atomic E-state index is -0.489. The highest BCUT2D eigenvalue weighted by Gasteiger charge is 2.23. The van der Waals surface area contributed by atoms with Gasteiger partial charge in [-0.05, 0) is 37.0 Å². The lowest BCUT2D eigenvalue weighted by atomic mass is 10.2. The minimum Gasteiger partial charge on any atom is -0.323 e. The SMILES string of the molecule is C=CCn1c(SCC(=O)Nc2ccccc2F)nc2sc3c(c2c1=O)CCC3. The summed E-state index contributed by atoms with van der Waals surface area (Å²) in [5, 5.41) is 3.73. The Bertz CT molecular complexity index is 1140. The predicted molar refractivity (Wildman–Crippen MR) is 112 cm³/mol. The Morgan fingerprint density at radius 3 is 3.00 bits per heavy atom. The first-order valence-corrected chi connectivity index (χ1v) is 10.7. The molecule has 4 rings (SSSR count). The van der Waals surface area contributed by atoms with Crippen LogP contribution in [0.4, 0.5) is 10.1 Å². The van der Waals surface area contributed by atoms with E-state index in [0.717, 1.165) is 29.7 Å². The van der Waals surface area contributed by atoms with Gasteiger partial charge in [0.2, 0.25) is 5.91 Å². The highest BCUT2D eigenvalue weighted by atomic mass is 32.2. The lowest BCUT2D eigenvalue weighted by molar-refractivity contribution is -0.113. The molecule has 0 unspecified atom stereocenters. The number of allylic oxidation sites excluding steroid dienone is 1. The van der Waals surface area contributed by atoms with Crippen molar-refractivity contribution in [3.8, 4) is 0 Å². The molecular weight excluding hydrogens is 397 g/mol. The number of para-hydroxylation sites is 1. The maximum atomic E-state index is 13.7. The fraction of sp³-hybridized carbons (Fsp3) is 0.250. The zero-order valence-electron chi connectivity index (χ0n) is 15.0. The number of carbonyl (C=O) groups excluding carboxylic acids is 1. The number of aromatic nitrogens is 2. The second kappa shape index (κ2) is 7.89. The Hall–Kier alpha value is -2.45. The van der Waals surface area contributed by atoms with Gasteiger partial charge in [-0.2, -0.15) is 0 Å². The van der Waals surface area contributed by atoms with Crippen molar-refractivity contribution < 1.29 is 9.18 Å². The fourth-order valence-corrected chi connectivity index (χ4v) is 5.45. The van der Waals surface area contributed by atoms with Crippen molar-refractivity contribution in [2.75, 3.05) is 11.1 Å². The lowest BCUT2D eigenvalue weighted by Gasteiger charge is -2.11. The number of benzene rings is 1. The fourth-order valence-electron chi connectivity index (χ4n) is 3.34. The molecule has 1 amide bonds. The number of carbonyl (C=O) groups is 1. The third kappa shape index (κ3) is 3.49. The molecule has 28 heavy (non-hydrogen) atoms. The molecule has 1 N–H and O–H groups in total. The van der Waals surface area contributed by atoms with Crippen LogP contribution in [0.2, 0.25) is 0 Å². The van der Waals surface area contributed by atoms with Crippen LogP contribution in [0.15, 0.2) is 46.9 Å². The number of hydrogen-bond acceptors (Lipinski definition) is 5. The Morgan fingerprint density at radius 2 is 2.21 bits per heavy atom. The Kier molecular flexibility index (Phi) is 5.32. The van der Waals surface area contributed by atoms with Crippen molar-refractivity contribution in [1.29, 1.82) is 0 Å². The average molecular weight is 416 g/mol. The number of hydrogen-bond donors (Lipinski definition) is 1. The largest absolute Gasteiger partial charge is 0.323 e. The summed E-state index contributed by atoms with van der Waals surface area (Å²) in [6.45, 7) is 4.05. The maximum Gasteiger partial charge on any atom is 0.263 e. The van der Waals surface area contributed by atoms with Gasteiger partial charge in [-0.25, -0.2) is 9.37 Å². The molecule has 2 aromatic heterocycles. The van der Waals surface area contributed by atoms with Crippen LogP contribution in [-0.4, -0.2) is 21.2 Å². The molecule has 2 heterocycles. The number of nitrogens with one attached hydrogen (secondary N) is 1. The first-order valence-electron chi connectivity index (χ1n) is 8.91. The number of aryl methyl sites for hydroxylation is 2. The first kappa shape index (κ1) is 18.9. The van der Waals surface area contributed by atoms with Gasteiger partial charge >= 0.3 is 0 Å². The van der Waals surface area contributed by atoms with Crippen LogP contribution in [0, 0.1) is 5.82 Å². The number of amides is 1. The second-order valence-electron chi connectivity index (χ2n) is 6.45. The van der Waals surface area contributed by atoms with Crippen LogP contribution >= 0.6 is 23.1 Å². The normalized spacial score (nSPS) is 12.9. The predicted octanol–water partition coefficient (Wildman–Crippen LogP) is 4.00. The molecule has 0 saturated heterocycles. The Labute approximate surface area is 169 Å². The van der Waals surface area contributed by atoms with E-state index >= 15 is 0 Å². The standard InChI is InChI=1S/C20H18FN3O2S2/c1-2-10-24-19(26)17-12-6-5-9-15(12)28-18(17)23-20(24)27-11-16(25)22-14-8-4-3-7-13(14)21/h2-4,7-8H,1,5-6,9-11H2,(H,22,25). The third-order valence-corrected chi connectivity index (χ3v) is 6.74. The molecule has 0 fully saturated rings. The minimum absolute atomic E-state index is 0.0223. The quantitative estimate of drug-likeness (QED) is 0.375. The Balaban J connectivity index is 1.60. The van der Waals surface area contributed by atoms with E-state index in [-0.39, 0.29) is 22.9 Å². The van der Waals surface area contributed by atoms with Gasteiger partial charge in [-0.15, -0.1) is 17.9 Å². The summed E-state index contributed by atoms with van der Waals surface area (Å²) in [5.74, 6) is -0.825. The molecule has 3 aromatic rings. The average Bonchev–Trinajstić information content (AvgIpc) is 3.25. The molecular formula is C20H18FN3O2S2. The zero-order chi connectivity index (χ0) is 19.7. The Morgan fingerprint density at radius 1 is 1.39 bits per heavy atom. The molecule has 0 bridgehead atoms. The molecule has 1 aromatic carbocycles. The molecule has 1 aliphatic rings. The van der Waals surface area contributed by atoms with Gasteiger partial charge < -0.3 is 5.32 Å².